The van der Waals surface area contributed by atoms with Gasteiger partial charge >= 0.3 is 11.9 Å². The van der Waals surface area contributed by atoms with Crippen LogP contribution in [0.25, 0.3) is 22.0 Å². The molecule has 1 aromatic heterocycles. The largest absolute Gasteiger partial charge is 0.417 e. The van der Waals surface area contributed by atoms with Crippen molar-refractivity contribution in [1.82, 2.24) is 9.97 Å². The van der Waals surface area contributed by atoms with E-state index in [0.29, 0.717) is 12.1 Å². The molecule has 0 unspecified atom stereocenters. The van der Waals surface area contributed by atoms with E-state index in [1.807, 2.05) is 4.98 Å². The maximum Gasteiger partial charge on any atom is 0.417 e. The van der Waals surface area contributed by atoms with Crippen LogP contribution < -0.4 is 11.2 Å². The van der Waals surface area contributed by atoms with Gasteiger partial charge in [0.05, 0.1) is 16.5 Å². The van der Waals surface area contributed by atoms with E-state index >= 15 is 0 Å². The predicted molar refractivity (Wildman–Crippen MR) is 75.5 cm³/mol. The minimum atomic E-state index is -4.90. The number of nitrogens with one attached hydrogen (secondary N) is 2. The molecule has 4 nitrogen and oxygen atoms in total. The van der Waals surface area contributed by atoms with Gasteiger partial charge in [0.25, 0.3) is 5.56 Å². The summed E-state index contributed by atoms with van der Waals surface area (Å²) >= 11 is 0. The van der Waals surface area contributed by atoms with Crippen molar-refractivity contribution in [3.63, 3.8) is 0 Å². The van der Waals surface area contributed by atoms with Crippen molar-refractivity contribution in [2.75, 3.05) is 0 Å². The molecule has 124 valence electrons. The lowest BCUT2D eigenvalue weighted by atomic mass is 9.97. The molecule has 0 bridgehead atoms. The molecule has 0 radical (unpaired) electrons. The van der Waals surface area contributed by atoms with Gasteiger partial charge in [-0.3, -0.25) is 9.78 Å². The third-order valence-corrected chi connectivity index (χ3v) is 3.40. The molecule has 3 rings (SSSR count). The number of alkyl halides is 3. The smallest absolute Gasteiger partial charge is 0.307 e. The van der Waals surface area contributed by atoms with Crippen molar-refractivity contribution in [3.05, 3.63) is 68.4 Å². The molecular formula is C15H7F5N2O2. The lowest BCUT2D eigenvalue weighted by molar-refractivity contribution is -0.137. The van der Waals surface area contributed by atoms with Gasteiger partial charge in [0.1, 0.15) is 11.6 Å². The van der Waals surface area contributed by atoms with E-state index in [1.54, 1.807) is 0 Å². The van der Waals surface area contributed by atoms with Crippen LogP contribution in [0.5, 0.6) is 0 Å². The van der Waals surface area contributed by atoms with Crippen LogP contribution in [0.4, 0.5) is 22.0 Å². The first-order chi connectivity index (χ1) is 11.2. The first-order valence-electron chi connectivity index (χ1n) is 6.50. The molecule has 2 aromatic carbocycles. The molecule has 0 saturated carbocycles. The van der Waals surface area contributed by atoms with Crippen LogP contribution in [0.2, 0.25) is 0 Å². The SMILES string of the molecule is O=c1[nH]c(=O)c2cc(C(F)(F)F)c(-c3ccc(F)cc3F)cc2[nH]1. The second-order valence-corrected chi connectivity index (χ2v) is 4.97. The molecule has 24 heavy (non-hydrogen) atoms. The van der Waals surface area contributed by atoms with Gasteiger partial charge in [0, 0.05) is 11.6 Å². The van der Waals surface area contributed by atoms with E-state index in [-0.39, 0.29) is 5.52 Å². The maximum atomic E-state index is 13.9. The van der Waals surface area contributed by atoms with E-state index in [0.717, 1.165) is 18.2 Å². The van der Waals surface area contributed by atoms with Crippen molar-refractivity contribution in [3.8, 4) is 11.1 Å². The van der Waals surface area contributed by atoms with Crippen LogP contribution in [0.3, 0.4) is 0 Å². The lowest BCUT2D eigenvalue weighted by Gasteiger charge is -2.14. The Morgan fingerprint density at radius 1 is 0.875 bits per heavy atom. The molecule has 0 saturated heterocycles. The van der Waals surface area contributed by atoms with Gasteiger partial charge in [-0.1, -0.05) is 0 Å². The molecule has 0 spiro atoms. The Labute approximate surface area is 129 Å². The fourth-order valence-electron chi connectivity index (χ4n) is 2.38. The number of H-pyrrole nitrogens is 2. The Hall–Kier alpha value is -2.97. The summed E-state index contributed by atoms with van der Waals surface area (Å²) in [7, 11) is 0. The van der Waals surface area contributed by atoms with Gasteiger partial charge in [0.15, 0.2) is 0 Å². The summed E-state index contributed by atoms with van der Waals surface area (Å²) in [6, 6.07) is 3.46. The highest BCUT2D eigenvalue weighted by Crippen LogP contribution is 2.39. The van der Waals surface area contributed by atoms with Crippen LogP contribution in [-0.4, -0.2) is 9.97 Å². The van der Waals surface area contributed by atoms with Crippen molar-refractivity contribution in [2.45, 2.75) is 6.18 Å². The second-order valence-electron chi connectivity index (χ2n) is 4.97. The highest BCUT2D eigenvalue weighted by molar-refractivity contribution is 5.86. The van der Waals surface area contributed by atoms with Crippen molar-refractivity contribution < 1.29 is 22.0 Å². The average Bonchev–Trinajstić information content (AvgIpc) is 2.44. The van der Waals surface area contributed by atoms with Gasteiger partial charge in [-0.25, -0.2) is 13.6 Å². The predicted octanol–water partition coefficient (Wildman–Crippen LogP) is 3.18. The zero-order valence-electron chi connectivity index (χ0n) is 11.6. The number of rotatable bonds is 1. The van der Waals surface area contributed by atoms with E-state index in [1.165, 1.54) is 0 Å². The van der Waals surface area contributed by atoms with Crippen LogP contribution in [0.15, 0.2) is 39.9 Å². The fourth-order valence-corrected chi connectivity index (χ4v) is 2.38. The summed E-state index contributed by atoms with van der Waals surface area (Å²) < 4.78 is 66.8. The average molecular weight is 342 g/mol. The van der Waals surface area contributed by atoms with Gasteiger partial charge < -0.3 is 4.98 Å². The standard InChI is InChI=1S/C15H7F5N2O2/c16-6-1-2-7(11(17)3-6)8-5-12-9(4-10(8)15(18,19)20)13(23)22-14(24)21-12/h1-5H,(H2,21,22,23,24). The first kappa shape index (κ1) is 15.9. The van der Waals surface area contributed by atoms with Crippen LogP contribution >= 0.6 is 0 Å². The van der Waals surface area contributed by atoms with E-state index < -0.39 is 51.1 Å². The molecule has 1 heterocycles. The Bertz CT molecular complexity index is 1070. The van der Waals surface area contributed by atoms with Crippen molar-refractivity contribution in [2.24, 2.45) is 0 Å². The lowest BCUT2D eigenvalue weighted by Crippen LogP contribution is -2.22. The van der Waals surface area contributed by atoms with E-state index in [9.17, 15) is 31.5 Å². The third kappa shape index (κ3) is 2.68. The Morgan fingerprint density at radius 3 is 2.21 bits per heavy atom. The minimum absolute atomic E-state index is 0.199. The molecular weight excluding hydrogens is 335 g/mol. The fraction of sp³-hybridized carbons (Fsp3) is 0.0667. The highest BCUT2D eigenvalue weighted by Gasteiger charge is 2.35. The summed E-state index contributed by atoms with van der Waals surface area (Å²) in [5.74, 6) is -2.15. The van der Waals surface area contributed by atoms with Crippen LogP contribution in [0.1, 0.15) is 5.56 Å². The molecule has 3 aromatic rings. The van der Waals surface area contributed by atoms with Gasteiger partial charge in [-0.2, -0.15) is 13.2 Å². The molecule has 0 aliphatic carbocycles. The molecule has 0 atom stereocenters. The summed E-state index contributed by atoms with van der Waals surface area (Å²) in [5.41, 5.74) is -4.53. The van der Waals surface area contributed by atoms with Crippen molar-refractivity contribution in [1.29, 1.82) is 0 Å². The Balaban J connectivity index is 2.45. The monoisotopic (exact) mass is 342 g/mol. The quantitative estimate of drug-likeness (QED) is 0.667. The summed E-state index contributed by atoms with van der Waals surface area (Å²) in [6.07, 6.45) is -4.90. The zero-order chi connectivity index (χ0) is 17.6. The van der Waals surface area contributed by atoms with E-state index in [4.69, 9.17) is 0 Å². The van der Waals surface area contributed by atoms with E-state index in [2.05, 4.69) is 4.98 Å². The Morgan fingerprint density at radius 2 is 1.58 bits per heavy atom. The third-order valence-electron chi connectivity index (χ3n) is 3.40. The topological polar surface area (TPSA) is 65.7 Å². The molecule has 0 amide bonds. The molecule has 2 N–H and O–H groups in total. The summed E-state index contributed by atoms with van der Waals surface area (Å²) in [5, 5.41) is -0.409. The number of hydrogen-bond acceptors (Lipinski definition) is 2. The second kappa shape index (κ2) is 5.29. The summed E-state index contributed by atoms with van der Waals surface area (Å²) in [6.45, 7) is 0. The minimum Gasteiger partial charge on any atom is -0.307 e. The normalized spacial score (nSPS) is 11.9. The maximum absolute atomic E-state index is 13.9. The van der Waals surface area contributed by atoms with Gasteiger partial charge in [-0.05, 0) is 29.8 Å². The molecule has 0 fully saturated rings. The van der Waals surface area contributed by atoms with Gasteiger partial charge in [0.2, 0.25) is 0 Å². The number of aromatic nitrogens is 2. The summed E-state index contributed by atoms with van der Waals surface area (Å²) in [4.78, 5) is 26.9. The number of fused-ring (bicyclic) bond motifs is 1. The number of aromatic amines is 2. The molecule has 0 aliphatic rings. The number of hydrogen-bond donors (Lipinski definition) is 2. The molecule has 0 aliphatic heterocycles. The Kier molecular flexibility index (Phi) is 3.51. The van der Waals surface area contributed by atoms with Crippen LogP contribution in [-0.2, 0) is 6.18 Å². The highest BCUT2D eigenvalue weighted by atomic mass is 19.4. The van der Waals surface area contributed by atoms with Crippen molar-refractivity contribution >= 4 is 10.9 Å². The van der Waals surface area contributed by atoms with Gasteiger partial charge in [-0.15, -0.1) is 0 Å². The number of benzene rings is 2. The van der Waals surface area contributed by atoms with Crippen LogP contribution in [0, 0.1) is 11.6 Å². The molecule has 9 heteroatoms. The number of halogens is 5. The first-order valence-corrected chi connectivity index (χ1v) is 6.50. The zero-order valence-corrected chi connectivity index (χ0v) is 11.6.